The van der Waals surface area contributed by atoms with Crippen molar-refractivity contribution in [3.05, 3.63) is 29.8 Å². The van der Waals surface area contributed by atoms with E-state index in [0.717, 1.165) is 31.9 Å². The fraction of sp³-hybridized carbons (Fsp3) is 0.632. The number of likely N-dealkylation sites (tertiary alicyclic amines) is 2. The van der Waals surface area contributed by atoms with Crippen LogP contribution in [0.4, 0.5) is 0 Å². The van der Waals surface area contributed by atoms with Crippen LogP contribution in [-0.4, -0.2) is 55.6 Å². The highest BCUT2D eigenvalue weighted by Gasteiger charge is 2.26. The van der Waals surface area contributed by atoms with E-state index in [0.29, 0.717) is 12.5 Å². The maximum absolute atomic E-state index is 6.27. The Labute approximate surface area is 145 Å². The van der Waals surface area contributed by atoms with E-state index in [2.05, 4.69) is 21.9 Å². The Balaban J connectivity index is 1.77. The Morgan fingerprint density at radius 3 is 2.46 bits per heavy atom. The van der Waals surface area contributed by atoms with Crippen LogP contribution < -0.4 is 10.5 Å². The zero-order chi connectivity index (χ0) is 16.8. The molecular formula is C19H30N4O. The van der Waals surface area contributed by atoms with Gasteiger partial charge in [-0.3, -0.25) is 9.89 Å². The minimum atomic E-state index is 0.243. The summed E-state index contributed by atoms with van der Waals surface area (Å²) in [6.45, 7) is 5.03. The molecule has 0 amide bonds. The fourth-order valence-electron chi connectivity index (χ4n) is 3.81. The summed E-state index contributed by atoms with van der Waals surface area (Å²) >= 11 is 0. The lowest BCUT2D eigenvalue weighted by atomic mass is 10.0. The van der Waals surface area contributed by atoms with Crippen molar-refractivity contribution < 1.29 is 4.74 Å². The highest BCUT2D eigenvalue weighted by molar-refractivity contribution is 5.78. The van der Waals surface area contributed by atoms with Gasteiger partial charge in [0.1, 0.15) is 5.75 Å². The quantitative estimate of drug-likeness (QED) is 0.666. The Hall–Kier alpha value is -1.75. The van der Waals surface area contributed by atoms with Gasteiger partial charge in [0.05, 0.1) is 19.7 Å². The lowest BCUT2D eigenvalue weighted by molar-refractivity contribution is 0.244. The van der Waals surface area contributed by atoms with Crippen LogP contribution in [0.2, 0.25) is 0 Å². The molecule has 5 heteroatoms. The van der Waals surface area contributed by atoms with Crippen LogP contribution in [0.3, 0.4) is 0 Å². The number of benzene rings is 1. The van der Waals surface area contributed by atoms with Crippen LogP contribution in [-0.2, 0) is 0 Å². The van der Waals surface area contributed by atoms with E-state index < -0.39 is 0 Å². The summed E-state index contributed by atoms with van der Waals surface area (Å²) < 4.78 is 5.59. The number of nitrogens with zero attached hydrogens (tertiary/aromatic N) is 3. The molecule has 2 fully saturated rings. The van der Waals surface area contributed by atoms with Crippen molar-refractivity contribution in [1.29, 1.82) is 0 Å². The molecule has 2 aliphatic rings. The number of methoxy groups -OCH3 is 1. The number of ether oxygens (including phenoxy) is 1. The highest BCUT2D eigenvalue weighted by Crippen LogP contribution is 2.31. The molecule has 0 spiro atoms. The van der Waals surface area contributed by atoms with Crippen LogP contribution in [0.1, 0.15) is 43.7 Å². The monoisotopic (exact) mass is 330 g/mol. The van der Waals surface area contributed by atoms with Crippen LogP contribution >= 0.6 is 0 Å². The lowest BCUT2D eigenvalue weighted by Gasteiger charge is -2.30. The number of piperidine rings is 1. The van der Waals surface area contributed by atoms with Crippen molar-refractivity contribution in [3.8, 4) is 5.75 Å². The molecule has 24 heavy (non-hydrogen) atoms. The Morgan fingerprint density at radius 1 is 1.08 bits per heavy atom. The van der Waals surface area contributed by atoms with Gasteiger partial charge in [-0.1, -0.05) is 18.2 Å². The molecule has 2 saturated heterocycles. The molecular weight excluding hydrogens is 300 g/mol. The van der Waals surface area contributed by atoms with Crippen molar-refractivity contribution >= 4 is 5.96 Å². The van der Waals surface area contributed by atoms with Crippen molar-refractivity contribution in [2.45, 2.75) is 38.1 Å². The normalized spacial score (nSPS) is 21.0. The molecule has 2 aliphatic heterocycles. The fourth-order valence-corrected chi connectivity index (χ4v) is 3.81. The molecule has 1 atom stereocenters. The first-order valence-corrected chi connectivity index (χ1v) is 9.21. The Bertz CT molecular complexity index is 548. The molecule has 0 aromatic heterocycles. The van der Waals surface area contributed by atoms with Crippen molar-refractivity contribution in [3.63, 3.8) is 0 Å². The predicted octanol–water partition coefficient (Wildman–Crippen LogP) is 2.63. The van der Waals surface area contributed by atoms with Gasteiger partial charge in [0.25, 0.3) is 0 Å². The second kappa shape index (κ2) is 8.38. The van der Waals surface area contributed by atoms with Crippen LogP contribution in [0, 0.1) is 0 Å². The Morgan fingerprint density at radius 2 is 1.75 bits per heavy atom. The number of para-hydroxylation sites is 1. The molecule has 0 aliphatic carbocycles. The number of hydrogen-bond acceptors (Lipinski definition) is 3. The second-order valence-electron chi connectivity index (χ2n) is 6.75. The number of rotatable bonds is 5. The minimum Gasteiger partial charge on any atom is -0.496 e. The minimum absolute atomic E-state index is 0.243. The van der Waals surface area contributed by atoms with Gasteiger partial charge >= 0.3 is 0 Å². The van der Waals surface area contributed by atoms with Crippen molar-refractivity contribution in [1.82, 2.24) is 9.80 Å². The molecule has 0 saturated carbocycles. The third kappa shape index (κ3) is 4.01. The second-order valence-corrected chi connectivity index (χ2v) is 6.75. The van der Waals surface area contributed by atoms with Gasteiger partial charge in [0.2, 0.25) is 0 Å². The summed E-state index contributed by atoms with van der Waals surface area (Å²) in [5, 5.41) is 0. The summed E-state index contributed by atoms with van der Waals surface area (Å²) in [4.78, 5) is 9.52. The topological polar surface area (TPSA) is 54.1 Å². The molecule has 1 aromatic carbocycles. The van der Waals surface area contributed by atoms with Gasteiger partial charge in [0.15, 0.2) is 5.96 Å². The largest absolute Gasteiger partial charge is 0.496 e. The molecule has 3 rings (SSSR count). The van der Waals surface area contributed by atoms with Gasteiger partial charge in [-0.15, -0.1) is 0 Å². The van der Waals surface area contributed by atoms with Crippen molar-refractivity contribution in [2.24, 2.45) is 10.7 Å². The summed E-state index contributed by atoms with van der Waals surface area (Å²) in [7, 11) is 1.74. The number of aliphatic imine (C=N–C) groups is 1. The Kier molecular flexibility index (Phi) is 5.96. The molecule has 5 nitrogen and oxygen atoms in total. The SMILES string of the molecule is COc1ccccc1C(CN=C(N)N1CCCCC1)N1CCCC1. The lowest BCUT2D eigenvalue weighted by Crippen LogP contribution is -2.41. The molecule has 1 unspecified atom stereocenters. The molecule has 2 heterocycles. The van der Waals surface area contributed by atoms with E-state index in [1.807, 2.05) is 12.1 Å². The maximum Gasteiger partial charge on any atom is 0.191 e. The first kappa shape index (κ1) is 17.1. The number of guanidine groups is 1. The number of nitrogens with two attached hydrogens (primary N) is 1. The van der Waals surface area contributed by atoms with Crippen molar-refractivity contribution in [2.75, 3.05) is 39.8 Å². The highest BCUT2D eigenvalue weighted by atomic mass is 16.5. The van der Waals surface area contributed by atoms with Crippen LogP contribution in [0.15, 0.2) is 29.3 Å². The summed E-state index contributed by atoms with van der Waals surface area (Å²) in [6, 6.07) is 8.55. The van der Waals surface area contributed by atoms with Crippen LogP contribution in [0.25, 0.3) is 0 Å². The van der Waals surface area contributed by atoms with E-state index in [4.69, 9.17) is 15.5 Å². The van der Waals surface area contributed by atoms with E-state index >= 15 is 0 Å². The number of hydrogen-bond donors (Lipinski definition) is 1. The van der Waals surface area contributed by atoms with Gasteiger partial charge in [-0.2, -0.15) is 0 Å². The molecule has 1 aromatic rings. The molecule has 0 radical (unpaired) electrons. The van der Waals surface area contributed by atoms with E-state index in [1.165, 1.54) is 37.7 Å². The van der Waals surface area contributed by atoms with Gasteiger partial charge in [-0.25, -0.2) is 0 Å². The van der Waals surface area contributed by atoms with E-state index in [1.54, 1.807) is 7.11 Å². The zero-order valence-corrected chi connectivity index (χ0v) is 14.8. The third-order valence-electron chi connectivity index (χ3n) is 5.19. The predicted molar refractivity (Wildman–Crippen MR) is 98.5 cm³/mol. The summed E-state index contributed by atoms with van der Waals surface area (Å²) in [5.74, 6) is 1.65. The molecule has 2 N–H and O–H groups in total. The van der Waals surface area contributed by atoms with Gasteiger partial charge in [-0.05, 0) is 51.3 Å². The molecule has 0 bridgehead atoms. The third-order valence-corrected chi connectivity index (χ3v) is 5.19. The first-order valence-electron chi connectivity index (χ1n) is 9.21. The zero-order valence-electron chi connectivity index (χ0n) is 14.8. The average molecular weight is 330 g/mol. The average Bonchev–Trinajstić information content (AvgIpc) is 3.17. The summed E-state index contributed by atoms with van der Waals surface area (Å²) in [5.41, 5.74) is 7.49. The van der Waals surface area contributed by atoms with E-state index in [-0.39, 0.29) is 6.04 Å². The van der Waals surface area contributed by atoms with Crippen LogP contribution in [0.5, 0.6) is 5.75 Å². The first-order chi connectivity index (χ1) is 11.8. The maximum atomic E-state index is 6.27. The van der Waals surface area contributed by atoms with Gasteiger partial charge in [0, 0.05) is 18.7 Å². The smallest absolute Gasteiger partial charge is 0.191 e. The standard InChI is InChI=1S/C19H30N4O/c1-24-18-10-4-3-9-16(18)17(22-11-7-8-12-22)15-21-19(20)23-13-5-2-6-14-23/h3-4,9-10,17H,2,5-8,11-15H2,1H3,(H2,20,21). The summed E-state index contributed by atoms with van der Waals surface area (Å²) in [6.07, 6.45) is 6.27. The molecule has 132 valence electrons. The van der Waals surface area contributed by atoms with E-state index in [9.17, 15) is 0 Å². The van der Waals surface area contributed by atoms with Gasteiger partial charge < -0.3 is 15.4 Å².